The average Bonchev–Trinajstić information content (AvgIpc) is 2.55. The first-order valence-electron chi connectivity index (χ1n) is 7.96. The van der Waals surface area contributed by atoms with Gasteiger partial charge in [-0.15, -0.1) is 0 Å². The largest absolute Gasteiger partial charge is 0.481 e. The number of carboxylic acids is 1. The highest BCUT2D eigenvalue weighted by Crippen LogP contribution is 2.36. The molecule has 2 N–H and O–H groups in total. The number of aliphatic carboxylic acids is 1. The molecule has 5 nitrogen and oxygen atoms in total. The van der Waals surface area contributed by atoms with Crippen LogP contribution in [-0.4, -0.2) is 30.1 Å². The van der Waals surface area contributed by atoms with Crippen LogP contribution >= 0.6 is 0 Å². The van der Waals surface area contributed by atoms with Crippen LogP contribution in [0.2, 0.25) is 0 Å². The number of nitrogens with one attached hydrogen (secondary N) is 1. The van der Waals surface area contributed by atoms with Gasteiger partial charge in [0.25, 0.3) is 0 Å². The van der Waals surface area contributed by atoms with E-state index in [1.807, 2.05) is 0 Å². The first-order valence-corrected chi connectivity index (χ1v) is 7.96. The molecule has 0 unspecified atom stereocenters. The predicted molar refractivity (Wildman–Crippen MR) is 82.9 cm³/mol. The number of para-hydroxylation sites is 1. The average molecular weight is 341 g/mol. The number of hydrogen-bond donors (Lipinski definition) is 2. The molecule has 1 saturated carbocycles. The lowest BCUT2D eigenvalue weighted by Crippen LogP contribution is -2.44. The van der Waals surface area contributed by atoms with Gasteiger partial charge in [-0.1, -0.05) is 37.5 Å². The standard InChI is InChI=1S/C17H21F2NO4/c18-16(19)24-13-7-3-2-6-12(13)10-14(21)20-11-17(15(22)23)8-4-1-5-9-17/h2-3,6-7,16H,1,4-5,8-11H2,(H,20,21)(H,22,23). The Morgan fingerprint density at radius 3 is 2.50 bits per heavy atom. The number of benzene rings is 1. The van der Waals surface area contributed by atoms with Crippen LogP contribution in [0.3, 0.4) is 0 Å². The third-order valence-corrected chi connectivity index (χ3v) is 4.43. The van der Waals surface area contributed by atoms with Crippen LogP contribution < -0.4 is 10.1 Å². The van der Waals surface area contributed by atoms with Gasteiger partial charge in [0.2, 0.25) is 5.91 Å². The minimum Gasteiger partial charge on any atom is -0.481 e. The second-order valence-corrected chi connectivity index (χ2v) is 6.09. The molecule has 0 heterocycles. The van der Waals surface area contributed by atoms with Gasteiger partial charge in [-0.2, -0.15) is 8.78 Å². The van der Waals surface area contributed by atoms with Crippen molar-refractivity contribution in [2.75, 3.05) is 6.54 Å². The van der Waals surface area contributed by atoms with Gasteiger partial charge in [0.05, 0.1) is 11.8 Å². The number of halogens is 2. The molecule has 1 aromatic carbocycles. The highest BCUT2D eigenvalue weighted by molar-refractivity contribution is 5.81. The fourth-order valence-electron chi connectivity index (χ4n) is 3.06. The van der Waals surface area contributed by atoms with Crippen LogP contribution in [0.5, 0.6) is 5.75 Å². The number of carbonyl (C=O) groups is 2. The molecule has 0 saturated heterocycles. The van der Waals surface area contributed by atoms with E-state index in [-0.39, 0.29) is 18.7 Å². The monoisotopic (exact) mass is 341 g/mol. The smallest absolute Gasteiger partial charge is 0.387 e. The van der Waals surface area contributed by atoms with Crippen LogP contribution in [0.25, 0.3) is 0 Å². The molecular formula is C17H21F2NO4. The number of hydrogen-bond acceptors (Lipinski definition) is 3. The van der Waals surface area contributed by atoms with Crippen molar-refractivity contribution in [3.63, 3.8) is 0 Å². The van der Waals surface area contributed by atoms with E-state index in [4.69, 9.17) is 0 Å². The zero-order chi connectivity index (χ0) is 17.6. The lowest BCUT2D eigenvalue weighted by atomic mass is 9.74. The van der Waals surface area contributed by atoms with Crippen molar-refractivity contribution >= 4 is 11.9 Å². The molecule has 1 aliphatic carbocycles. The number of alkyl halides is 2. The van der Waals surface area contributed by atoms with Crippen LogP contribution in [0.1, 0.15) is 37.7 Å². The zero-order valence-corrected chi connectivity index (χ0v) is 13.3. The highest BCUT2D eigenvalue weighted by Gasteiger charge is 2.39. The van der Waals surface area contributed by atoms with Crippen molar-refractivity contribution in [2.24, 2.45) is 5.41 Å². The minimum absolute atomic E-state index is 0.0479. The Morgan fingerprint density at radius 1 is 1.21 bits per heavy atom. The Bertz CT molecular complexity index is 586. The second-order valence-electron chi connectivity index (χ2n) is 6.09. The number of amides is 1. The highest BCUT2D eigenvalue weighted by atomic mass is 19.3. The normalized spacial score (nSPS) is 16.6. The van der Waals surface area contributed by atoms with E-state index >= 15 is 0 Å². The molecule has 0 aliphatic heterocycles. The Labute approximate surface area is 139 Å². The van der Waals surface area contributed by atoms with Crippen LogP contribution in [0.4, 0.5) is 8.78 Å². The fraction of sp³-hybridized carbons (Fsp3) is 0.529. The molecule has 0 bridgehead atoms. The van der Waals surface area contributed by atoms with Gasteiger partial charge in [0.15, 0.2) is 0 Å². The summed E-state index contributed by atoms with van der Waals surface area (Å²) in [6.45, 7) is -2.91. The van der Waals surface area contributed by atoms with Crippen molar-refractivity contribution < 1.29 is 28.2 Å². The minimum atomic E-state index is -2.97. The van der Waals surface area contributed by atoms with E-state index in [9.17, 15) is 23.5 Å². The lowest BCUT2D eigenvalue weighted by molar-refractivity contribution is -0.151. The summed E-state index contributed by atoms with van der Waals surface area (Å²) in [5, 5.41) is 12.1. The van der Waals surface area contributed by atoms with E-state index in [0.29, 0.717) is 18.4 Å². The van der Waals surface area contributed by atoms with Crippen LogP contribution in [-0.2, 0) is 16.0 Å². The summed E-state index contributed by atoms with van der Waals surface area (Å²) < 4.78 is 29.2. The van der Waals surface area contributed by atoms with Gasteiger partial charge < -0.3 is 15.2 Å². The molecule has 24 heavy (non-hydrogen) atoms. The molecule has 7 heteroatoms. The van der Waals surface area contributed by atoms with Gasteiger partial charge >= 0.3 is 12.6 Å². The van der Waals surface area contributed by atoms with Crippen molar-refractivity contribution in [2.45, 2.75) is 45.1 Å². The Balaban J connectivity index is 1.97. The summed E-state index contributed by atoms with van der Waals surface area (Å²) in [5.41, 5.74) is -0.587. The van der Waals surface area contributed by atoms with Gasteiger partial charge in [0, 0.05) is 12.1 Å². The number of carbonyl (C=O) groups excluding carboxylic acids is 1. The molecule has 1 aromatic rings. The molecule has 2 rings (SSSR count). The maximum absolute atomic E-state index is 12.4. The fourth-order valence-corrected chi connectivity index (χ4v) is 3.06. The Morgan fingerprint density at radius 2 is 1.88 bits per heavy atom. The lowest BCUT2D eigenvalue weighted by Gasteiger charge is -2.33. The molecule has 0 atom stereocenters. The van der Waals surface area contributed by atoms with Gasteiger partial charge in [-0.05, 0) is 18.9 Å². The third kappa shape index (κ3) is 4.66. The van der Waals surface area contributed by atoms with Crippen LogP contribution in [0.15, 0.2) is 24.3 Å². The summed E-state index contributed by atoms with van der Waals surface area (Å²) in [7, 11) is 0. The maximum Gasteiger partial charge on any atom is 0.387 e. The Kier molecular flexibility index (Phi) is 6.11. The maximum atomic E-state index is 12.4. The topological polar surface area (TPSA) is 75.6 Å². The summed E-state index contributed by atoms with van der Waals surface area (Å²) in [6, 6.07) is 6.07. The summed E-state index contributed by atoms with van der Waals surface area (Å²) in [4.78, 5) is 23.7. The van der Waals surface area contributed by atoms with Crippen molar-refractivity contribution in [1.29, 1.82) is 0 Å². The number of ether oxygens (including phenoxy) is 1. The van der Waals surface area contributed by atoms with E-state index in [0.717, 1.165) is 19.3 Å². The molecule has 0 aromatic heterocycles. The first kappa shape index (κ1) is 18.2. The molecule has 0 spiro atoms. The van der Waals surface area contributed by atoms with Gasteiger partial charge in [-0.3, -0.25) is 9.59 Å². The van der Waals surface area contributed by atoms with Gasteiger partial charge in [-0.25, -0.2) is 0 Å². The quantitative estimate of drug-likeness (QED) is 0.799. The van der Waals surface area contributed by atoms with Crippen LogP contribution in [0, 0.1) is 5.41 Å². The second kappa shape index (κ2) is 8.08. The molecular weight excluding hydrogens is 320 g/mol. The van der Waals surface area contributed by atoms with E-state index in [1.165, 1.54) is 12.1 Å². The number of rotatable bonds is 7. The molecule has 1 aliphatic rings. The first-order chi connectivity index (χ1) is 11.4. The third-order valence-electron chi connectivity index (χ3n) is 4.43. The van der Waals surface area contributed by atoms with E-state index in [1.54, 1.807) is 12.1 Å². The SMILES string of the molecule is O=C(Cc1ccccc1OC(F)F)NCC1(C(=O)O)CCCCC1. The number of carboxylic acid groups (broad SMARTS) is 1. The molecule has 1 amide bonds. The summed E-state index contributed by atoms with van der Waals surface area (Å²) >= 11 is 0. The summed E-state index contributed by atoms with van der Waals surface area (Å²) in [5.74, 6) is -1.36. The molecule has 0 radical (unpaired) electrons. The molecule has 1 fully saturated rings. The van der Waals surface area contributed by atoms with E-state index < -0.39 is 23.9 Å². The van der Waals surface area contributed by atoms with Crippen molar-refractivity contribution in [1.82, 2.24) is 5.32 Å². The summed E-state index contributed by atoms with van der Waals surface area (Å²) in [6.07, 6.45) is 3.59. The predicted octanol–water partition coefficient (Wildman–Crippen LogP) is 2.98. The van der Waals surface area contributed by atoms with Crippen molar-refractivity contribution in [3.8, 4) is 5.75 Å². The van der Waals surface area contributed by atoms with Gasteiger partial charge in [0.1, 0.15) is 5.75 Å². The van der Waals surface area contributed by atoms with E-state index in [2.05, 4.69) is 10.1 Å². The Hall–Kier alpha value is -2.18. The zero-order valence-electron chi connectivity index (χ0n) is 13.3. The molecule has 132 valence electrons. The van der Waals surface area contributed by atoms with Crippen molar-refractivity contribution in [3.05, 3.63) is 29.8 Å².